The average Bonchev–Trinajstić information content (AvgIpc) is 2.74. The maximum Gasteiger partial charge on any atom is 0.261 e. The lowest BCUT2D eigenvalue weighted by Crippen LogP contribution is -2.55. The number of sulfonamides is 1. The molecule has 162 valence electrons. The fourth-order valence-electron chi connectivity index (χ4n) is 3.20. The predicted molar refractivity (Wildman–Crippen MR) is 112 cm³/mol. The summed E-state index contributed by atoms with van der Waals surface area (Å²) in [4.78, 5) is 14.8. The van der Waals surface area contributed by atoms with E-state index in [1.54, 1.807) is 0 Å². The number of nitrogens with one attached hydrogen (secondary N) is 2. The molecule has 0 spiro atoms. The van der Waals surface area contributed by atoms with Crippen LogP contribution in [0.4, 0.5) is 10.1 Å². The van der Waals surface area contributed by atoms with Crippen molar-refractivity contribution in [3.8, 4) is 0 Å². The highest BCUT2D eigenvalue weighted by Crippen LogP contribution is 2.18. The second-order valence-electron chi connectivity index (χ2n) is 7.73. The summed E-state index contributed by atoms with van der Waals surface area (Å²) < 4.78 is 45.7. The van der Waals surface area contributed by atoms with Gasteiger partial charge < -0.3 is 10.1 Å². The minimum Gasteiger partial charge on any atom is -0.379 e. The molecule has 30 heavy (non-hydrogen) atoms. The molecule has 1 saturated heterocycles. The molecule has 2 aromatic carbocycles. The Hall–Kier alpha value is -2.49. The van der Waals surface area contributed by atoms with Gasteiger partial charge in [0.15, 0.2) is 0 Å². The number of rotatable bonds is 7. The second-order valence-corrected chi connectivity index (χ2v) is 9.41. The van der Waals surface area contributed by atoms with E-state index in [0.29, 0.717) is 25.3 Å². The number of nitrogens with zero attached hydrogens (tertiary/aromatic N) is 1. The van der Waals surface area contributed by atoms with Gasteiger partial charge in [-0.15, -0.1) is 0 Å². The number of halogens is 1. The first-order valence-electron chi connectivity index (χ1n) is 9.67. The normalized spacial score (nSPS) is 15.6. The van der Waals surface area contributed by atoms with Gasteiger partial charge in [-0.25, -0.2) is 12.8 Å². The minimum atomic E-state index is -3.84. The Morgan fingerprint density at radius 2 is 1.67 bits per heavy atom. The fraction of sp³-hybridized carbons (Fsp3) is 0.381. The first-order chi connectivity index (χ1) is 14.2. The number of ether oxygens (including phenoxy) is 1. The zero-order valence-electron chi connectivity index (χ0n) is 17.0. The molecule has 0 atom stereocenters. The van der Waals surface area contributed by atoms with Crippen molar-refractivity contribution in [3.63, 3.8) is 0 Å². The third kappa shape index (κ3) is 5.56. The van der Waals surface area contributed by atoms with Crippen LogP contribution in [0.5, 0.6) is 0 Å². The Morgan fingerprint density at radius 3 is 2.27 bits per heavy atom. The Morgan fingerprint density at radius 1 is 1.07 bits per heavy atom. The van der Waals surface area contributed by atoms with Crippen LogP contribution in [0.1, 0.15) is 24.2 Å². The molecule has 0 saturated carbocycles. The summed E-state index contributed by atoms with van der Waals surface area (Å²) in [6.07, 6.45) is 0. The SMILES string of the molecule is CC(C)(CNC(=O)c1ccc(S(=O)(=O)Nc2ccc(F)cc2)cc1)N1CCOCC1. The molecule has 0 unspecified atom stereocenters. The van der Waals surface area contributed by atoms with E-state index in [4.69, 9.17) is 4.74 Å². The van der Waals surface area contributed by atoms with E-state index >= 15 is 0 Å². The van der Waals surface area contributed by atoms with E-state index < -0.39 is 15.8 Å². The lowest BCUT2D eigenvalue weighted by Gasteiger charge is -2.40. The summed E-state index contributed by atoms with van der Waals surface area (Å²) in [5.74, 6) is -0.725. The molecule has 2 N–H and O–H groups in total. The van der Waals surface area contributed by atoms with Gasteiger partial charge in [-0.2, -0.15) is 0 Å². The maximum atomic E-state index is 13.0. The smallest absolute Gasteiger partial charge is 0.261 e. The largest absolute Gasteiger partial charge is 0.379 e. The number of morpholine rings is 1. The molecule has 3 rings (SSSR count). The Bertz CT molecular complexity index is 970. The summed E-state index contributed by atoms with van der Waals surface area (Å²) in [7, 11) is -3.84. The van der Waals surface area contributed by atoms with Crippen molar-refractivity contribution in [1.29, 1.82) is 0 Å². The quantitative estimate of drug-likeness (QED) is 0.698. The topological polar surface area (TPSA) is 87.7 Å². The molecule has 1 aliphatic heterocycles. The van der Waals surface area contributed by atoms with E-state index in [-0.39, 0.29) is 22.0 Å². The van der Waals surface area contributed by atoms with Crippen LogP contribution >= 0.6 is 0 Å². The number of anilines is 1. The Kier molecular flexibility index (Phi) is 6.74. The molecule has 0 aliphatic carbocycles. The van der Waals surface area contributed by atoms with Gasteiger partial charge >= 0.3 is 0 Å². The highest BCUT2D eigenvalue weighted by molar-refractivity contribution is 7.92. The molecular formula is C21H26FN3O4S. The summed E-state index contributed by atoms with van der Waals surface area (Å²) in [6.45, 7) is 7.58. The first kappa shape index (κ1) is 22.2. The monoisotopic (exact) mass is 435 g/mol. The van der Waals surface area contributed by atoms with Crippen LogP contribution in [-0.2, 0) is 14.8 Å². The molecule has 0 radical (unpaired) electrons. The number of carbonyl (C=O) groups is 1. The lowest BCUT2D eigenvalue weighted by molar-refractivity contribution is -0.00923. The molecule has 1 aliphatic rings. The van der Waals surface area contributed by atoms with Gasteiger partial charge in [-0.05, 0) is 62.4 Å². The number of benzene rings is 2. The zero-order valence-corrected chi connectivity index (χ0v) is 17.8. The number of hydrogen-bond acceptors (Lipinski definition) is 5. The third-order valence-corrected chi connectivity index (χ3v) is 6.47. The predicted octanol–water partition coefficient (Wildman–Crippen LogP) is 2.47. The van der Waals surface area contributed by atoms with Crippen LogP contribution in [0.3, 0.4) is 0 Å². The van der Waals surface area contributed by atoms with Crippen LogP contribution in [0.2, 0.25) is 0 Å². The number of amides is 1. The van der Waals surface area contributed by atoms with Crippen molar-refractivity contribution < 1.29 is 22.3 Å². The molecule has 1 fully saturated rings. The van der Waals surface area contributed by atoms with Gasteiger partial charge in [0, 0.05) is 36.4 Å². The van der Waals surface area contributed by atoms with Crippen LogP contribution in [-0.4, -0.2) is 57.6 Å². The van der Waals surface area contributed by atoms with Crippen molar-refractivity contribution in [1.82, 2.24) is 10.2 Å². The molecule has 0 bridgehead atoms. The first-order valence-corrected chi connectivity index (χ1v) is 11.2. The van der Waals surface area contributed by atoms with Gasteiger partial charge in [0.1, 0.15) is 5.82 Å². The second kappa shape index (κ2) is 9.11. The third-order valence-electron chi connectivity index (χ3n) is 5.07. The zero-order chi connectivity index (χ0) is 21.8. The maximum absolute atomic E-state index is 13.0. The summed E-state index contributed by atoms with van der Waals surface area (Å²) in [5.41, 5.74) is 0.402. The molecular weight excluding hydrogens is 409 g/mol. The standard InChI is InChI=1S/C21H26FN3O4S/c1-21(2,25-11-13-29-14-12-25)15-23-20(26)16-3-9-19(10-4-16)30(27,28)24-18-7-5-17(22)6-8-18/h3-10,24H,11-15H2,1-2H3,(H,23,26). The van der Waals surface area contributed by atoms with Crippen molar-refractivity contribution in [2.45, 2.75) is 24.3 Å². The van der Waals surface area contributed by atoms with Crippen molar-refractivity contribution >= 4 is 21.6 Å². The minimum absolute atomic E-state index is 0.0111. The van der Waals surface area contributed by atoms with E-state index in [1.165, 1.54) is 48.5 Å². The molecule has 9 heteroatoms. The van der Waals surface area contributed by atoms with Crippen molar-refractivity contribution in [2.24, 2.45) is 0 Å². The van der Waals surface area contributed by atoms with Crippen LogP contribution in [0.15, 0.2) is 53.4 Å². The van der Waals surface area contributed by atoms with E-state index in [9.17, 15) is 17.6 Å². The highest BCUT2D eigenvalue weighted by Gasteiger charge is 2.28. The molecule has 1 heterocycles. The van der Waals surface area contributed by atoms with Crippen molar-refractivity contribution in [3.05, 3.63) is 59.9 Å². The molecule has 2 aromatic rings. The van der Waals surface area contributed by atoms with Gasteiger partial charge in [0.25, 0.3) is 15.9 Å². The Labute approximate surface area is 176 Å². The van der Waals surface area contributed by atoms with E-state index in [2.05, 4.69) is 28.8 Å². The van der Waals surface area contributed by atoms with Gasteiger partial charge in [-0.3, -0.25) is 14.4 Å². The number of hydrogen-bond donors (Lipinski definition) is 2. The summed E-state index contributed by atoms with van der Waals surface area (Å²) in [5, 5.41) is 2.92. The van der Waals surface area contributed by atoms with Gasteiger partial charge in [0.2, 0.25) is 0 Å². The van der Waals surface area contributed by atoms with Gasteiger partial charge in [-0.1, -0.05) is 0 Å². The van der Waals surface area contributed by atoms with Crippen LogP contribution in [0.25, 0.3) is 0 Å². The molecule has 1 amide bonds. The average molecular weight is 436 g/mol. The lowest BCUT2D eigenvalue weighted by atomic mass is 10.0. The molecule has 7 nitrogen and oxygen atoms in total. The fourth-order valence-corrected chi connectivity index (χ4v) is 4.26. The summed E-state index contributed by atoms with van der Waals surface area (Å²) >= 11 is 0. The van der Waals surface area contributed by atoms with Crippen LogP contribution in [0, 0.1) is 5.82 Å². The van der Waals surface area contributed by atoms with E-state index in [0.717, 1.165) is 13.1 Å². The van der Waals surface area contributed by atoms with E-state index in [1.807, 2.05) is 0 Å². The summed E-state index contributed by atoms with van der Waals surface area (Å²) in [6, 6.07) is 10.7. The highest BCUT2D eigenvalue weighted by atomic mass is 32.2. The number of carbonyl (C=O) groups excluding carboxylic acids is 1. The van der Waals surface area contributed by atoms with Gasteiger partial charge in [0.05, 0.1) is 18.1 Å². The van der Waals surface area contributed by atoms with Crippen LogP contribution < -0.4 is 10.0 Å². The Balaban J connectivity index is 1.61. The molecule has 0 aromatic heterocycles. The van der Waals surface area contributed by atoms with Crippen molar-refractivity contribution in [2.75, 3.05) is 37.6 Å².